The van der Waals surface area contributed by atoms with Gasteiger partial charge in [-0.3, -0.25) is 19.3 Å². The second-order valence-corrected chi connectivity index (χ2v) is 9.17. The van der Waals surface area contributed by atoms with Crippen LogP contribution in [0, 0.1) is 5.92 Å². The van der Waals surface area contributed by atoms with E-state index >= 15 is 0 Å². The fourth-order valence-electron chi connectivity index (χ4n) is 5.30. The number of fused-ring (bicyclic) bond motifs is 1. The Balaban J connectivity index is 1.48. The van der Waals surface area contributed by atoms with Gasteiger partial charge in [0.25, 0.3) is 11.8 Å². The van der Waals surface area contributed by atoms with Crippen LogP contribution in [0.15, 0.2) is 84.9 Å². The zero-order valence-electron chi connectivity index (χ0n) is 19.0. The average Bonchev–Trinajstić information content (AvgIpc) is 3.50. The predicted molar refractivity (Wildman–Crippen MR) is 130 cm³/mol. The first-order chi connectivity index (χ1) is 16.6. The summed E-state index contributed by atoms with van der Waals surface area (Å²) in [6.07, 6.45) is 4.67. The molecule has 0 radical (unpaired) electrons. The average molecular weight is 453 g/mol. The summed E-state index contributed by atoms with van der Waals surface area (Å²) in [4.78, 5) is 41.6. The van der Waals surface area contributed by atoms with Crippen molar-refractivity contribution in [1.82, 2.24) is 10.2 Å². The fraction of sp³-hybridized carbons (Fsp3) is 0.276. The maximum atomic E-state index is 13.9. The van der Waals surface area contributed by atoms with E-state index in [-0.39, 0.29) is 18.4 Å². The third kappa shape index (κ3) is 4.26. The van der Waals surface area contributed by atoms with Crippen LogP contribution >= 0.6 is 0 Å². The minimum atomic E-state index is -0.928. The minimum Gasteiger partial charge on any atom is -0.347 e. The van der Waals surface area contributed by atoms with Crippen LogP contribution in [-0.2, 0) is 11.2 Å². The molecule has 1 N–H and O–H groups in total. The summed E-state index contributed by atoms with van der Waals surface area (Å²) in [6.45, 7) is 0. The summed E-state index contributed by atoms with van der Waals surface area (Å²) in [5.74, 6) is -0.771. The van der Waals surface area contributed by atoms with E-state index in [4.69, 9.17) is 0 Å². The highest BCUT2D eigenvalue weighted by molar-refractivity contribution is 6.22. The topological polar surface area (TPSA) is 66.5 Å². The van der Waals surface area contributed by atoms with Gasteiger partial charge in [-0.2, -0.15) is 0 Å². The highest BCUT2D eigenvalue weighted by Crippen LogP contribution is 2.36. The van der Waals surface area contributed by atoms with Crippen molar-refractivity contribution in [2.24, 2.45) is 5.92 Å². The van der Waals surface area contributed by atoms with Crippen molar-refractivity contribution >= 4 is 17.7 Å². The Morgan fingerprint density at radius 1 is 0.794 bits per heavy atom. The predicted octanol–water partition coefficient (Wildman–Crippen LogP) is 4.94. The summed E-state index contributed by atoms with van der Waals surface area (Å²) < 4.78 is 0. The van der Waals surface area contributed by atoms with E-state index in [1.165, 1.54) is 0 Å². The molecule has 1 aliphatic carbocycles. The van der Waals surface area contributed by atoms with Crippen LogP contribution in [0.1, 0.15) is 63.6 Å². The molecule has 1 fully saturated rings. The van der Waals surface area contributed by atoms with Gasteiger partial charge in [-0.05, 0) is 42.0 Å². The lowest BCUT2D eigenvalue weighted by molar-refractivity contribution is -0.126. The quantitative estimate of drug-likeness (QED) is 0.516. The molecule has 0 saturated heterocycles. The molecule has 1 saturated carbocycles. The maximum absolute atomic E-state index is 13.9. The molecule has 2 aliphatic rings. The molecular formula is C29H28N2O3. The molecule has 1 aliphatic heterocycles. The van der Waals surface area contributed by atoms with Gasteiger partial charge in [0.1, 0.15) is 6.04 Å². The number of nitrogens with one attached hydrogen (secondary N) is 1. The number of imide groups is 1. The molecular weight excluding hydrogens is 424 g/mol. The monoisotopic (exact) mass is 452 g/mol. The maximum Gasteiger partial charge on any atom is 0.262 e. The second-order valence-electron chi connectivity index (χ2n) is 9.17. The Hall–Kier alpha value is -3.73. The molecule has 0 bridgehead atoms. The van der Waals surface area contributed by atoms with E-state index in [0.29, 0.717) is 17.0 Å². The number of carbonyl (C=O) groups excluding carboxylic acids is 3. The normalized spacial score (nSPS) is 17.5. The molecule has 172 valence electrons. The van der Waals surface area contributed by atoms with Gasteiger partial charge in [-0.1, -0.05) is 85.6 Å². The van der Waals surface area contributed by atoms with E-state index in [1.54, 1.807) is 24.3 Å². The molecule has 3 aromatic carbocycles. The minimum absolute atomic E-state index is 0.148. The van der Waals surface area contributed by atoms with Gasteiger partial charge in [0, 0.05) is 6.42 Å². The van der Waals surface area contributed by atoms with Crippen LogP contribution in [0.5, 0.6) is 0 Å². The molecule has 0 unspecified atom stereocenters. The number of carbonyl (C=O) groups is 3. The first-order valence-electron chi connectivity index (χ1n) is 12.0. The fourth-order valence-corrected chi connectivity index (χ4v) is 5.30. The Morgan fingerprint density at radius 2 is 1.32 bits per heavy atom. The van der Waals surface area contributed by atoms with Gasteiger partial charge in [-0.25, -0.2) is 0 Å². The van der Waals surface area contributed by atoms with Crippen LogP contribution in [0.3, 0.4) is 0 Å². The lowest BCUT2D eigenvalue weighted by atomic mass is 9.91. The lowest BCUT2D eigenvalue weighted by Crippen LogP contribution is -2.52. The number of amides is 3. The van der Waals surface area contributed by atoms with Gasteiger partial charge >= 0.3 is 0 Å². The number of hydrogen-bond acceptors (Lipinski definition) is 3. The van der Waals surface area contributed by atoms with Gasteiger partial charge in [0.05, 0.1) is 17.2 Å². The van der Waals surface area contributed by atoms with Crippen molar-refractivity contribution in [3.8, 4) is 0 Å². The molecule has 5 rings (SSSR count). The summed E-state index contributed by atoms with van der Waals surface area (Å²) >= 11 is 0. The Bertz CT molecular complexity index is 1150. The summed E-state index contributed by atoms with van der Waals surface area (Å²) in [5.41, 5.74) is 2.67. The van der Waals surface area contributed by atoms with E-state index in [2.05, 4.69) is 5.32 Å². The summed E-state index contributed by atoms with van der Waals surface area (Å²) in [7, 11) is 0. The van der Waals surface area contributed by atoms with Crippen molar-refractivity contribution < 1.29 is 14.4 Å². The number of benzene rings is 3. The smallest absolute Gasteiger partial charge is 0.262 e. The Labute approximate surface area is 199 Å². The lowest BCUT2D eigenvalue weighted by Gasteiger charge is -2.30. The number of rotatable bonds is 7. The van der Waals surface area contributed by atoms with Crippen LogP contribution in [0.25, 0.3) is 0 Å². The van der Waals surface area contributed by atoms with Crippen LogP contribution < -0.4 is 5.32 Å². The van der Waals surface area contributed by atoms with Gasteiger partial charge in [-0.15, -0.1) is 0 Å². The third-order valence-corrected chi connectivity index (χ3v) is 7.04. The van der Waals surface area contributed by atoms with Gasteiger partial charge in [0.15, 0.2) is 0 Å². The van der Waals surface area contributed by atoms with Crippen molar-refractivity contribution in [2.45, 2.75) is 44.2 Å². The molecule has 34 heavy (non-hydrogen) atoms. The molecule has 5 nitrogen and oxygen atoms in total. The zero-order valence-corrected chi connectivity index (χ0v) is 19.0. The zero-order chi connectivity index (χ0) is 23.5. The Morgan fingerprint density at radius 3 is 1.91 bits per heavy atom. The molecule has 0 aromatic heterocycles. The second kappa shape index (κ2) is 9.64. The van der Waals surface area contributed by atoms with E-state index in [0.717, 1.165) is 41.7 Å². The highest BCUT2D eigenvalue weighted by atomic mass is 16.2. The molecule has 5 heteroatoms. The largest absolute Gasteiger partial charge is 0.347 e. The van der Waals surface area contributed by atoms with Crippen molar-refractivity contribution in [3.05, 3.63) is 107 Å². The van der Waals surface area contributed by atoms with Crippen LogP contribution in [-0.4, -0.2) is 28.7 Å². The molecule has 3 aromatic rings. The number of nitrogens with zero attached hydrogens (tertiary/aromatic N) is 1. The van der Waals surface area contributed by atoms with Gasteiger partial charge < -0.3 is 5.32 Å². The third-order valence-electron chi connectivity index (χ3n) is 7.04. The SMILES string of the molecule is O=C(N[C@@H](c1ccccc1)C1CCCC1)[C@@H](Cc1ccccc1)N1C(=O)c2ccccc2C1=O. The van der Waals surface area contributed by atoms with Crippen molar-refractivity contribution in [2.75, 3.05) is 0 Å². The van der Waals surface area contributed by atoms with Crippen molar-refractivity contribution in [3.63, 3.8) is 0 Å². The summed E-state index contributed by atoms with van der Waals surface area (Å²) in [5, 5.41) is 3.26. The van der Waals surface area contributed by atoms with E-state index in [9.17, 15) is 14.4 Å². The first kappa shape index (κ1) is 22.1. The standard InChI is InChI=1S/C29H28N2O3/c32-27(30-26(22-15-7-8-16-22)21-13-5-2-6-14-21)25(19-20-11-3-1-4-12-20)31-28(33)23-17-9-10-18-24(23)29(31)34/h1-6,9-14,17-18,22,25-26H,7-8,15-16,19H2,(H,30,32)/t25-,26+/m1/s1. The van der Waals surface area contributed by atoms with Crippen LogP contribution in [0.2, 0.25) is 0 Å². The van der Waals surface area contributed by atoms with E-state index < -0.39 is 17.9 Å². The van der Waals surface area contributed by atoms with Crippen LogP contribution in [0.4, 0.5) is 0 Å². The first-order valence-corrected chi connectivity index (χ1v) is 12.0. The van der Waals surface area contributed by atoms with Crippen molar-refractivity contribution in [1.29, 1.82) is 0 Å². The molecule has 2 atom stereocenters. The highest BCUT2D eigenvalue weighted by Gasteiger charge is 2.43. The Kier molecular flexibility index (Phi) is 6.26. The van der Waals surface area contributed by atoms with Gasteiger partial charge in [0.2, 0.25) is 5.91 Å². The molecule has 3 amide bonds. The summed E-state index contributed by atoms with van der Waals surface area (Å²) in [6, 6.07) is 25.3. The van der Waals surface area contributed by atoms with E-state index in [1.807, 2.05) is 60.7 Å². The molecule has 1 heterocycles. The molecule has 0 spiro atoms. The number of hydrogen-bond donors (Lipinski definition) is 1.